The van der Waals surface area contributed by atoms with Gasteiger partial charge in [-0.05, 0) is 44.6 Å². The number of thiocarbonyl (C=S) groups is 1. The number of aromatic nitrogens is 1. The van der Waals surface area contributed by atoms with Crippen molar-refractivity contribution in [3.05, 3.63) is 24.0 Å². The SMILES string of the molecule is Cc1ccncc1NC(=S)NC(C)C. The molecule has 0 radical (unpaired) electrons. The molecule has 1 aromatic rings. The summed E-state index contributed by atoms with van der Waals surface area (Å²) in [6.07, 6.45) is 3.53. The zero-order chi connectivity index (χ0) is 10.6. The highest BCUT2D eigenvalue weighted by atomic mass is 32.1. The van der Waals surface area contributed by atoms with Crippen LogP contribution in [0.5, 0.6) is 0 Å². The van der Waals surface area contributed by atoms with Crippen LogP contribution in [0.3, 0.4) is 0 Å². The second kappa shape index (κ2) is 4.91. The van der Waals surface area contributed by atoms with E-state index in [0.29, 0.717) is 11.2 Å². The van der Waals surface area contributed by atoms with E-state index in [9.17, 15) is 0 Å². The Labute approximate surface area is 89.9 Å². The molecule has 76 valence electrons. The predicted octanol–water partition coefficient (Wildman–Crippen LogP) is 2.08. The highest BCUT2D eigenvalue weighted by molar-refractivity contribution is 7.80. The van der Waals surface area contributed by atoms with Gasteiger partial charge >= 0.3 is 0 Å². The summed E-state index contributed by atoms with van der Waals surface area (Å²) in [5.41, 5.74) is 2.08. The smallest absolute Gasteiger partial charge is 0.171 e. The lowest BCUT2D eigenvalue weighted by atomic mass is 10.2. The van der Waals surface area contributed by atoms with Gasteiger partial charge in [-0.15, -0.1) is 0 Å². The highest BCUT2D eigenvalue weighted by Gasteiger charge is 2.01. The maximum absolute atomic E-state index is 5.12. The fourth-order valence-electron chi connectivity index (χ4n) is 1.02. The van der Waals surface area contributed by atoms with Crippen LogP contribution in [0.15, 0.2) is 18.5 Å². The van der Waals surface area contributed by atoms with Gasteiger partial charge in [0, 0.05) is 12.2 Å². The molecule has 3 nitrogen and oxygen atoms in total. The Bertz CT molecular complexity index is 323. The number of rotatable bonds is 2. The predicted molar refractivity (Wildman–Crippen MR) is 63.5 cm³/mol. The third-order valence-electron chi connectivity index (χ3n) is 1.71. The third-order valence-corrected chi connectivity index (χ3v) is 1.93. The Hall–Kier alpha value is -1.16. The van der Waals surface area contributed by atoms with E-state index in [0.717, 1.165) is 11.3 Å². The summed E-state index contributed by atoms with van der Waals surface area (Å²) in [6.45, 7) is 6.11. The molecule has 2 N–H and O–H groups in total. The highest BCUT2D eigenvalue weighted by Crippen LogP contribution is 2.10. The number of anilines is 1. The number of hydrogen-bond acceptors (Lipinski definition) is 2. The van der Waals surface area contributed by atoms with Crippen LogP contribution in [0.25, 0.3) is 0 Å². The van der Waals surface area contributed by atoms with E-state index in [1.807, 2.05) is 26.8 Å². The molecule has 0 saturated carbocycles. The summed E-state index contributed by atoms with van der Waals surface area (Å²) in [4.78, 5) is 4.03. The Morgan fingerprint density at radius 1 is 1.50 bits per heavy atom. The van der Waals surface area contributed by atoms with Crippen LogP contribution in [-0.4, -0.2) is 16.1 Å². The summed E-state index contributed by atoms with van der Waals surface area (Å²) < 4.78 is 0. The molecule has 0 amide bonds. The van der Waals surface area contributed by atoms with Gasteiger partial charge in [0.2, 0.25) is 0 Å². The maximum atomic E-state index is 5.12. The van der Waals surface area contributed by atoms with Gasteiger partial charge in [0.15, 0.2) is 5.11 Å². The summed E-state index contributed by atoms with van der Waals surface area (Å²) >= 11 is 5.12. The molecule has 1 aromatic heterocycles. The van der Waals surface area contributed by atoms with Gasteiger partial charge in [-0.25, -0.2) is 0 Å². The van der Waals surface area contributed by atoms with E-state index >= 15 is 0 Å². The van der Waals surface area contributed by atoms with Crippen molar-refractivity contribution in [2.75, 3.05) is 5.32 Å². The van der Waals surface area contributed by atoms with E-state index in [4.69, 9.17) is 12.2 Å². The molecule has 4 heteroatoms. The molecule has 0 aliphatic rings. The Morgan fingerprint density at radius 3 is 2.79 bits per heavy atom. The zero-order valence-electron chi connectivity index (χ0n) is 8.66. The minimum absolute atomic E-state index is 0.340. The van der Waals surface area contributed by atoms with Crippen molar-refractivity contribution in [1.29, 1.82) is 0 Å². The largest absolute Gasteiger partial charge is 0.360 e. The molecule has 0 atom stereocenters. The van der Waals surface area contributed by atoms with Gasteiger partial charge in [0.05, 0.1) is 11.9 Å². The minimum Gasteiger partial charge on any atom is -0.360 e. The van der Waals surface area contributed by atoms with Crippen molar-refractivity contribution < 1.29 is 0 Å². The average Bonchev–Trinajstić information content (AvgIpc) is 2.07. The summed E-state index contributed by atoms with van der Waals surface area (Å²) in [6, 6.07) is 2.28. The number of aryl methyl sites for hydroxylation is 1. The van der Waals surface area contributed by atoms with Gasteiger partial charge < -0.3 is 10.6 Å². The van der Waals surface area contributed by atoms with Crippen LogP contribution in [0.1, 0.15) is 19.4 Å². The molecule has 0 fully saturated rings. The van der Waals surface area contributed by atoms with Gasteiger partial charge in [0.25, 0.3) is 0 Å². The molecule has 0 aliphatic carbocycles. The molecule has 0 aliphatic heterocycles. The number of nitrogens with zero attached hydrogens (tertiary/aromatic N) is 1. The molecule has 0 saturated heterocycles. The van der Waals surface area contributed by atoms with E-state index in [1.54, 1.807) is 12.4 Å². The second-order valence-corrected chi connectivity index (χ2v) is 3.85. The first-order valence-corrected chi connectivity index (χ1v) is 4.98. The van der Waals surface area contributed by atoms with Crippen molar-refractivity contribution in [2.24, 2.45) is 0 Å². The first kappa shape index (κ1) is 10.9. The summed E-state index contributed by atoms with van der Waals surface area (Å²) in [5, 5.41) is 6.85. The van der Waals surface area contributed by atoms with Crippen LogP contribution in [0.2, 0.25) is 0 Å². The molecule has 14 heavy (non-hydrogen) atoms. The van der Waals surface area contributed by atoms with Gasteiger partial charge in [-0.2, -0.15) is 0 Å². The van der Waals surface area contributed by atoms with Crippen LogP contribution in [-0.2, 0) is 0 Å². The maximum Gasteiger partial charge on any atom is 0.171 e. The standard InChI is InChI=1S/C10H15N3S/c1-7(2)12-10(14)13-9-6-11-5-4-8(9)3/h4-7H,1-3H3,(H2,12,13,14). The Morgan fingerprint density at radius 2 is 2.21 bits per heavy atom. The first-order chi connectivity index (χ1) is 6.59. The molecule has 1 rings (SSSR count). The fraction of sp³-hybridized carbons (Fsp3) is 0.400. The molecular weight excluding hydrogens is 194 g/mol. The number of pyridine rings is 1. The van der Waals surface area contributed by atoms with E-state index in [-0.39, 0.29) is 0 Å². The molecular formula is C10H15N3S. The number of nitrogens with one attached hydrogen (secondary N) is 2. The Kier molecular flexibility index (Phi) is 3.83. The topological polar surface area (TPSA) is 37.0 Å². The van der Waals surface area contributed by atoms with Gasteiger partial charge in [-0.1, -0.05) is 0 Å². The second-order valence-electron chi connectivity index (χ2n) is 3.44. The van der Waals surface area contributed by atoms with Crippen molar-refractivity contribution in [1.82, 2.24) is 10.3 Å². The average molecular weight is 209 g/mol. The summed E-state index contributed by atoms with van der Waals surface area (Å²) in [5.74, 6) is 0. The lowest BCUT2D eigenvalue weighted by Crippen LogP contribution is -2.34. The van der Waals surface area contributed by atoms with Crippen LogP contribution >= 0.6 is 12.2 Å². The molecule has 0 unspecified atom stereocenters. The monoisotopic (exact) mass is 209 g/mol. The van der Waals surface area contributed by atoms with Crippen molar-refractivity contribution in [2.45, 2.75) is 26.8 Å². The van der Waals surface area contributed by atoms with Crippen LogP contribution in [0, 0.1) is 6.92 Å². The molecule has 0 spiro atoms. The van der Waals surface area contributed by atoms with Crippen LogP contribution < -0.4 is 10.6 Å². The first-order valence-electron chi connectivity index (χ1n) is 4.57. The third kappa shape index (κ3) is 3.30. The zero-order valence-corrected chi connectivity index (χ0v) is 9.48. The molecule has 1 heterocycles. The lowest BCUT2D eigenvalue weighted by Gasteiger charge is -2.13. The van der Waals surface area contributed by atoms with Gasteiger partial charge in [0.1, 0.15) is 0 Å². The van der Waals surface area contributed by atoms with Crippen LogP contribution in [0.4, 0.5) is 5.69 Å². The van der Waals surface area contributed by atoms with Crippen molar-refractivity contribution in [3.8, 4) is 0 Å². The quantitative estimate of drug-likeness (QED) is 0.731. The lowest BCUT2D eigenvalue weighted by molar-refractivity contribution is 0.739. The summed E-state index contributed by atoms with van der Waals surface area (Å²) in [7, 11) is 0. The Balaban J connectivity index is 2.61. The molecule has 0 bridgehead atoms. The van der Waals surface area contributed by atoms with Gasteiger partial charge in [-0.3, -0.25) is 4.98 Å². The normalized spacial score (nSPS) is 10.0. The number of hydrogen-bond donors (Lipinski definition) is 2. The fourth-order valence-corrected chi connectivity index (χ4v) is 1.36. The van der Waals surface area contributed by atoms with Crippen molar-refractivity contribution in [3.63, 3.8) is 0 Å². The van der Waals surface area contributed by atoms with E-state index in [1.165, 1.54) is 0 Å². The minimum atomic E-state index is 0.340. The van der Waals surface area contributed by atoms with E-state index in [2.05, 4.69) is 15.6 Å². The van der Waals surface area contributed by atoms with Crippen molar-refractivity contribution >= 4 is 23.0 Å². The molecule has 0 aromatic carbocycles. The van der Waals surface area contributed by atoms with E-state index < -0.39 is 0 Å².